The second-order valence-corrected chi connectivity index (χ2v) is 9.96. The van der Waals surface area contributed by atoms with Crippen LogP contribution in [-0.4, -0.2) is 25.3 Å². The number of unbranched alkanes of at least 4 members (excludes halogenated alkanes) is 5. The molecule has 1 atom stereocenters. The molecule has 0 saturated heterocycles. The zero-order chi connectivity index (χ0) is 27.7. The molecule has 0 N–H and O–H groups in total. The number of hydrogen-bond donors (Lipinski definition) is 0. The van der Waals surface area contributed by atoms with Gasteiger partial charge in [0, 0.05) is 6.42 Å². The van der Waals surface area contributed by atoms with Crippen LogP contribution in [0.4, 0.5) is 0 Å². The van der Waals surface area contributed by atoms with Crippen molar-refractivity contribution < 1.29 is 23.7 Å². The monoisotopic (exact) mass is 532 g/mol. The third-order valence-corrected chi connectivity index (χ3v) is 6.41. The van der Waals surface area contributed by atoms with Crippen LogP contribution >= 0.6 is 0 Å². The molecule has 0 spiro atoms. The van der Waals surface area contributed by atoms with Gasteiger partial charge in [-0.3, -0.25) is 4.79 Å². The number of rotatable bonds is 18. The first-order chi connectivity index (χ1) is 19.1. The Kier molecular flexibility index (Phi) is 13.3. The molecular weight excluding hydrogens is 488 g/mol. The fourth-order valence-corrected chi connectivity index (χ4v) is 4.14. The van der Waals surface area contributed by atoms with Crippen LogP contribution in [0.1, 0.15) is 77.7 Å². The summed E-state index contributed by atoms with van der Waals surface area (Å²) in [6, 6.07) is 24.2. The van der Waals surface area contributed by atoms with Gasteiger partial charge in [0.05, 0.1) is 6.61 Å². The summed E-state index contributed by atoms with van der Waals surface area (Å²) in [7, 11) is 0. The number of carbonyl (C=O) groups is 1. The van der Waals surface area contributed by atoms with Gasteiger partial charge >= 0.3 is 5.97 Å². The Morgan fingerprint density at radius 1 is 0.641 bits per heavy atom. The third-order valence-electron chi connectivity index (χ3n) is 6.41. The predicted octanol–water partition coefficient (Wildman–Crippen LogP) is 8.78. The smallest absolute Gasteiger partial charge is 0.306 e. The summed E-state index contributed by atoms with van der Waals surface area (Å²) in [5, 5.41) is 0. The largest absolute Gasteiger partial charge is 0.494 e. The van der Waals surface area contributed by atoms with Gasteiger partial charge in [0.15, 0.2) is 0 Å². The van der Waals surface area contributed by atoms with Crippen molar-refractivity contribution in [3.63, 3.8) is 0 Å². The van der Waals surface area contributed by atoms with Crippen LogP contribution in [0, 0.1) is 0 Å². The number of esters is 1. The average Bonchev–Trinajstić information content (AvgIpc) is 2.96. The van der Waals surface area contributed by atoms with Gasteiger partial charge in [-0.15, -0.1) is 0 Å². The molecule has 3 aromatic rings. The van der Waals surface area contributed by atoms with E-state index < -0.39 is 0 Å². The lowest BCUT2D eigenvalue weighted by Gasteiger charge is -2.14. The molecule has 0 aromatic heterocycles. The molecule has 1 unspecified atom stereocenters. The van der Waals surface area contributed by atoms with Crippen molar-refractivity contribution in [1.82, 2.24) is 0 Å². The average molecular weight is 533 g/mol. The maximum absolute atomic E-state index is 11.6. The van der Waals surface area contributed by atoms with Gasteiger partial charge < -0.3 is 18.9 Å². The topological polar surface area (TPSA) is 54.0 Å². The summed E-state index contributed by atoms with van der Waals surface area (Å²) in [5.41, 5.74) is 3.43. The molecule has 0 aliphatic carbocycles. The second kappa shape index (κ2) is 17.2. The first kappa shape index (κ1) is 30.1. The quantitative estimate of drug-likeness (QED) is 0.121. The lowest BCUT2D eigenvalue weighted by molar-refractivity contribution is -0.149. The van der Waals surface area contributed by atoms with Gasteiger partial charge in [-0.05, 0) is 72.9 Å². The first-order valence-electron chi connectivity index (χ1n) is 14.4. The lowest BCUT2D eigenvalue weighted by atomic mass is 10.0. The van der Waals surface area contributed by atoms with Crippen molar-refractivity contribution in [3.8, 4) is 28.4 Å². The molecule has 39 heavy (non-hydrogen) atoms. The highest BCUT2D eigenvalue weighted by Gasteiger charge is 2.09. The molecule has 0 aliphatic rings. The van der Waals surface area contributed by atoms with Crippen LogP contribution in [0.25, 0.3) is 11.1 Å². The molecule has 0 bridgehead atoms. The zero-order valence-electron chi connectivity index (χ0n) is 23.8. The third kappa shape index (κ3) is 11.4. The SMILES string of the molecule is CCCCCCCCOc1ccc(-c2ccc(COc3ccc(OCC(C)OC(=O)CCC)cc3)cc2)cc1. The van der Waals surface area contributed by atoms with Crippen molar-refractivity contribution in [3.05, 3.63) is 78.4 Å². The van der Waals surface area contributed by atoms with Crippen LogP contribution in [0.2, 0.25) is 0 Å². The fourth-order valence-electron chi connectivity index (χ4n) is 4.14. The minimum Gasteiger partial charge on any atom is -0.494 e. The molecule has 0 radical (unpaired) electrons. The molecule has 5 heteroatoms. The number of carbonyl (C=O) groups excluding carboxylic acids is 1. The number of ether oxygens (including phenoxy) is 4. The van der Waals surface area contributed by atoms with Crippen LogP contribution in [0.15, 0.2) is 72.8 Å². The summed E-state index contributed by atoms with van der Waals surface area (Å²) in [5.74, 6) is 2.22. The number of benzene rings is 3. The van der Waals surface area contributed by atoms with Crippen molar-refractivity contribution in [1.29, 1.82) is 0 Å². The van der Waals surface area contributed by atoms with Gasteiger partial charge in [-0.1, -0.05) is 82.3 Å². The van der Waals surface area contributed by atoms with Crippen molar-refractivity contribution in [2.24, 2.45) is 0 Å². The van der Waals surface area contributed by atoms with Crippen molar-refractivity contribution in [2.75, 3.05) is 13.2 Å². The predicted molar refractivity (Wildman–Crippen MR) is 157 cm³/mol. The molecule has 0 heterocycles. The van der Waals surface area contributed by atoms with Crippen LogP contribution in [0.3, 0.4) is 0 Å². The molecule has 0 saturated carbocycles. The van der Waals surface area contributed by atoms with Gasteiger partial charge in [-0.2, -0.15) is 0 Å². The molecule has 3 rings (SSSR count). The molecule has 210 valence electrons. The van der Waals surface area contributed by atoms with E-state index in [2.05, 4.69) is 55.5 Å². The second-order valence-electron chi connectivity index (χ2n) is 9.96. The van der Waals surface area contributed by atoms with E-state index in [4.69, 9.17) is 18.9 Å². The van der Waals surface area contributed by atoms with Crippen molar-refractivity contribution >= 4 is 5.97 Å². The molecule has 0 aliphatic heterocycles. The molecule has 0 fully saturated rings. The summed E-state index contributed by atoms with van der Waals surface area (Å²) < 4.78 is 22.9. The van der Waals surface area contributed by atoms with E-state index in [-0.39, 0.29) is 12.1 Å². The van der Waals surface area contributed by atoms with E-state index >= 15 is 0 Å². The Labute approximate surface area is 234 Å². The Balaban J connectivity index is 1.38. The van der Waals surface area contributed by atoms with E-state index in [1.807, 2.05) is 38.1 Å². The highest BCUT2D eigenvalue weighted by molar-refractivity contribution is 5.69. The van der Waals surface area contributed by atoms with Gasteiger partial charge in [0.1, 0.15) is 36.6 Å². The standard InChI is InChI=1S/C34H44O5/c1-4-6-7-8-9-10-24-36-31-18-16-30(17-19-31)29-14-12-28(13-15-29)26-38-33-22-20-32(21-23-33)37-25-27(3)39-34(35)11-5-2/h12-23,27H,4-11,24-26H2,1-3H3. The first-order valence-corrected chi connectivity index (χ1v) is 14.4. The van der Waals surface area contributed by atoms with Gasteiger partial charge in [0.2, 0.25) is 0 Å². The highest BCUT2D eigenvalue weighted by Crippen LogP contribution is 2.24. The Bertz CT molecular complexity index is 1070. The summed E-state index contributed by atoms with van der Waals surface area (Å²) in [6.07, 6.45) is 8.54. The van der Waals surface area contributed by atoms with E-state index in [0.29, 0.717) is 25.4 Å². The Morgan fingerprint density at radius 2 is 1.18 bits per heavy atom. The van der Waals surface area contributed by atoms with Crippen LogP contribution in [0.5, 0.6) is 17.2 Å². The van der Waals surface area contributed by atoms with E-state index in [1.54, 1.807) is 0 Å². The van der Waals surface area contributed by atoms with E-state index in [1.165, 1.54) is 37.7 Å². The van der Waals surface area contributed by atoms with E-state index in [9.17, 15) is 4.79 Å². The molecule has 5 nitrogen and oxygen atoms in total. The summed E-state index contributed by atoms with van der Waals surface area (Å²) in [6.45, 7) is 7.61. The Morgan fingerprint density at radius 3 is 1.82 bits per heavy atom. The summed E-state index contributed by atoms with van der Waals surface area (Å²) >= 11 is 0. The summed E-state index contributed by atoms with van der Waals surface area (Å²) in [4.78, 5) is 11.6. The lowest BCUT2D eigenvalue weighted by Crippen LogP contribution is -2.21. The van der Waals surface area contributed by atoms with E-state index in [0.717, 1.165) is 42.1 Å². The Hall–Kier alpha value is -3.47. The van der Waals surface area contributed by atoms with Crippen LogP contribution < -0.4 is 14.2 Å². The fraction of sp³-hybridized carbons (Fsp3) is 0.441. The normalized spacial score (nSPS) is 11.6. The molecule has 3 aromatic carbocycles. The molecule has 0 amide bonds. The minimum atomic E-state index is -0.288. The maximum atomic E-state index is 11.6. The maximum Gasteiger partial charge on any atom is 0.306 e. The minimum absolute atomic E-state index is 0.188. The zero-order valence-corrected chi connectivity index (χ0v) is 23.8. The van der Waals surface area contributed by atoms with Crippen LogP contribution in [-0.2, 0) is 16.1 Å². The number of hydrogen-bond acceptors (Lipinski definition) is 5. The molecular formula is C34H44O5. The highest BCUT2D eigenvalue weighted by atomic mass is 16.6. The van der Waals surface area contributed by atoms with Gasteiger partial charge in [0.25, 0.3) is 0 Å². The van der Waals surface area contributed by atoms with Gasteiger partial charge in [-0.25, -0.2) is 0 Å². The van der Waals surface area contributed by atoms with Crippen molar-refractivity contribution in [2.45, 2.75) is 84.8 Å².